The first-order valence-corrected chi connectivity index (χ1v) is 13.2. The Hall–Kier alpha value is -4.55. The summed E-state index contributed by atoms with van der Waals surface area (Å²) in [6.45, 7) is 4.95. The van der Waals surface area contributed by atoms with E-state index in [1.165, 1.54) is 7.11 Å². The first kappa shape index (κ1) is 29.4. The molecule has 1 amide bonds. The summed E-state index contributed by atoms with van der Waals surface area (Å²) in [6.07, 6.45) is 5.73. The van der Waals surface area contributed by atoms with Gasteiger partial charge in [-0.05, 0) is 54.8 Å². The molecule has 11 nitrogen and oxygen atoms in total. The minimum Gasteiger partial charge on any atom is -0.494 e. The highest BCUT2D eigenvalue weighted by molar-refractivity contribution is 5.96. The average Bonchev–Trinajstić information content (AvgIpc) is 3.40. The fourth-order valence-electron chi connectivity index (χ4n) is 4.40. The molecule has 2 heterocycles. The number of carbonyl (C=O) groups excluding carboxylic acids is 1. The van der Waals surface area contributed by atoms with Gasteiger partial charge in [0.25, 0.3) is 5.91 Å². The molecule has 41 heavy (non-hydrogen) atoms. The summed E-state index contributed by atoms with van der Waals surface area (Å²) in [5, 5.41) is 17.5. The van der Waals surface area contributed by atoms with Gasteiger partial charge in [-0.2, -0.15) is 0 Å². The van der Waals surface area contributed by atoms with E-state index in [0.717, 1.165) is 11.3 Å². The van der Waals surface area contributed by atoms with Crippen molar-refractivity contribution in [1.29, 1.82) is 0 Å². The largest absolute Gasteiger partial charge is 0.494 e. The second kappa shape index (κ2) is 13.7. The van der Waals surface area contributed by atoms with E-state index in [9.17, 15) is 14.0 Å². The van der Waals surface area contributed by atoms with Crippen LogP contribution in [0, 0.1) is 12.7 Å². The summed E-state index contributed by atoms with van der Waals surface area (Å²) in [6, 6.07) is 8.86. The molecule has 12 heteroatoms. The molecule has 0 aliphatic heterocycles. The molecule has 4 aromatic rings. The van der Waals surface area contributed by atoms with Crippen molar-refractivity contribution in [2.75, 3.05) is 45.3 Å². The van der Waals surface area contributed by atoms with Gasteiger partial charge in [0.15, 0.2) is 23.0 Å². The van der Waals surface area contributed by atoms with Crippen LogP contribution in [0.4, 0.5) is 15.9 Å². The van der Waals surface area contributed by atoms with Gasteiger partial charge >= 0.3 is 5.97 Å². The van der Waals surface area contributed by atoms with E-state index in [4.69, 9.17) is 14.6 Å². The van der Waals surface area contributed by atoms with Crippen LogP contribution in [-0.4, -0.2) is 71.3 Å². The van der Waals surface area contributed by atoms with Crippen LogP contribution in [0.15, 0.2) is 48.9 Å². The number of halogens is 1. The van der Waals surface area contributed by atoms with Crippen LogP contribution in [-0.2, 0) is 16.0 Å². The Morgan fingerprint density at radius 3 is 2.68 bits per heavy atom. The first-order valence-electron chi connectivity index (χ1n) is 13.2. The molecule has 0 atom stereocenters. The lowest BCUT2D eigenvalue weighted by molar-refractivity contribution is -0.136. The average molecular weight is 565 g/mol. The van der Waals surface area contributed by atoms with E-state index in [1.807, 2.05) is 17.4 Å². The number of ether oxygens (including phenoxy) is 2. The van der Waals surface area contributed by atoms with Crippen LogP contribution in [0.3, 0.4) is 0 Å². The van der Waals surface area contributed by atoms with Crippen molar-refractivity contribution in [3.05, 3.63) is 71.4 Å². The number of carboxylic acids is 1. The second-order valence-electron chi connectivity index (χ2n) is 9.16. The summed E-state index contributed by atoms with van der Waals surface area (Å²) in [5.41, 5.74) is 4.59. The smallest absolute Gasteiger partial charge is 0.317 e. The van der Waals surface area contributed by atoms with E-state index in [1.54, 1.807) is 49.8 Å². The minimum absolute atomic E-state index is 0.121. The Morgan fingerprint density at radius 1 is 1.12 bits per heavy atom. The van der Waals surface area contributed by atoms with E-state index in [2.05, 4.69) is 25.9 Å². The van der Waals surface area contributed by atoms with Gasteiger partial charge in [-0.25, -0.2) is 14.4 Å². The molecule has 2 aromatic carbocycles. The normalized spacial score (nSPS) is 11.0. The fourth-order valence-corrected chi connectivity index (χ4v) is 4.40. The Kier molecular flexibility index (Phi) is 9.82. The van der Waals surface area contributed by atoms with Crippen molar-refractivity contribution in [3.8, 4) is 17.0 Å². The maximum Gasteiger partial charge on any atom is 0.317 e. The van der Waals surface area contributed by atoms with Crippen molar-refractivity contribution in [2.24, 2.45) is 0 Å². The van der Waals surface area contributed by atoms with Crippen molar-refractivity contribution >= 4 is 29.0 Å². The molecule has 2 aromatic heterocycles. The van der Waals surface area contributed by atoms with Crippen LogP contribution in [0.2, 0.25) is 0 Å². The van der Waals surface area contributed by atoms with Crippen LogP contribution in [0.25, 0.3) is 16.9 Å². The number of hydrogen-bond acceptors (Lipinski definition) is 8. The number of benzene rings is 2. The van der Waals surface area contributed by atoms with Crippen LogP contribution in [0.1, 0.15) is 28.4 Å². The van der Waals surface area contributed by atoms with Gasteiger partial charge in [0.05, 0.1) is 38.8 Å². The summed E-state index contributed by atoms with van der Waals surface area (Å²) in [7, 11) is 1.43. The molecule has 0 saturated heterocycles. The number of fused-ring (bicyclic) bond motifs is 1. The zero-order valence-corrected chi connectivity index (χ0v) is 23.2. The minimum atomic E-state index is -0.924. The Morgan fingerprint density at radius 2 is 1.93 bits per heavy atom. The van der Waals surface area contributed by atoms with Crippen LogP contribution < -0.4 is 20.7 Å². The number of aryl methyl sites for hydroxylation is 1. The van der Waals surface area contributed by atoms with Gasteiger partial charge < -0.3 is 30.5 Å². The highest BCUT2D eigenvalue weighted by atomic mass is 19.1. The molecular weight excluding hydrogens is 531 g/mol. The molecule has 0 spiro atoms. The number of rotatable bonds is 14. The molecule has 0 aliphatic rings. The fraction of sp³-hybridized carbons (Fsp3) is 0.310. The van der Waals surface area contributed by atoms with Crippen molar-refractivity contribution < 1.29 is 28.6 Å². The van der Waals surface area contributed by atoms with E-state index in [0.29, 0.717) is 66.6 Å². The number of methoxy groups -OCH3 is 1. The van der Waals surface area contributed by atoms with Gasteiger partial charge in [-0.1, -0.05) is 6.92 Å². The highest BCUT2D eigenvalue weighted by Crippen LogP contribution is 2.32. The number of nitrogens with one attached hydrogen (secondary N) is 3. The number of hydrogen-bond donors (Lipinski definition) is 4. The van der Waals surface area contributed by atoms with E-state index >= 15 is 0 Å². The maximum atomic E-state index is 14.7. The quantitative estimate of drug-likeness (QED) is 0.169. The van der Waals surface area contributed by atoms with Gasteiger partial charge in [0.2, 0.25) is 0 Å². The number of aliphatic carboxylic acids is 1. The van der Waals surface area contributed by atoms with E-state index < -0.39 is 11.8 Å². The summed E-state index contributed by atoms with van der Waals surface area (Å²) in [5.74, 6) is -0.849. The van der Waals surface area contributed by atoms with Crippen molar-refractivity contribution in [3.63, 3.8) is 0 Å². The summed E-state index contributed by atoms with van der Waals surface area (Å²) >= 11 is 0. The summed E-state index contributed by atoms with van der Waals surface area (Å²) < 4.78 is 27.1. The number of imidazole rings is 1. The van der Waals surface area contributed by atoms with Crippen LogP contribution >= 0.6 is 0 Å². The van der Waals surface area contributed by atoms with Gasteiger partial charge in [0.1, 0.15) is 0 Å². The van der Waals surface area contributed by atoms with Crippen molar-refractivity contribution in [2.45, 2.75) is 20.3 Å². The van der Waals surface area contributed by atoms with Gasteiger partial charge in [-0.3, -0.25) is 14.0 Å². The Bertz CT molecular complexity index is 1540. The molecule has 0 aliphatic carbocycles. The third-order valence-electron chi connectivity index (χ3n) is 6.50. The molecule has 0 saturated carbocycles. The number of carboxylic acid groups (broad SMARTS) is 1. The molecular formula is C29H33FN6O5. The Labute approximate surface area is 236 Å². The topological polar surface area (TPSA) is 139 Å². The third-order valence-corrected chi connectivity index (χ3v) is 6.50. The number of nitrogens with zero attached hydrogens (tertiary/aromatic N) is 3. The lowest BCUT2D eigenvalue weighted by Crippen LogP contribution is -2.30. The lowest BCUT2D eigenvalue weighted by Gasteiger charge is -2.13. The third kappa shape index (κ3) is 6.97. The zero-order chi connectivity index (χ0) is 29.4. The molecule has 0 unspecified atom stereocenters. The molecule has 0 fully saturated rings. The first-order chi connectivity index (χ1) is 19.8. The van der Waals surface area contributed by atoms with E-state index in [-0.39, 0.29) is 18.2 Å². The molecule has 4 rings (SSSR count). The number of aromatic nitrogens is 3. The zero-order valence-electron chi connectivity index (χ0n) is 23.2. The van der Waals surface area contributed by atoms with Gasteiger partial charge in [0, 0.05) is 42.3 Å². The SMILES string of the molecule is CCc1cc(Nc2nccn3c(-c4ccc(OC)c(F)c4C)cnc23)ccc1C(=O)NCCOCCNCC(=O)O. The predicted octanol–water partition coefficient (Wildman–Crippen LogP) is 3.58. The molecule has 216 valence electrons. The summed E-state index contributed by atoms with van der Waals surface area (Å²) in [4.78, 5) is 32.3. The highest BCUT2D eigenvalue weighted by Gasteiger charge is 2.17. The second-order valence-corrected chi connectivity index (χ2v) is 9.16. The maximum absolute atomic E-state index is 14.7. The molecule has 0 radical (unpaired) electrons. The number of anilines is 2. The monoisotopic (exact) mass is 564 g/mol. The Balaban J connectivity index is 1.43. The van der Waals surface area contributed by atoms with Gasteiger partial charge in [-0.15, -0.1) is 0 Å². The lowest BCUT2D eigenvalue weighted by atomic mass is 10.0. The molecule has 4 N–H and O–H groups in total. The number of amides is 1. The number of carbonyl (C=O) groups is 2. The van der Waals surface area contributed by atoms with Crippen molar-refractivity contribution in [1.82, 2.24) is 25.0 Å². The molecule has 0 bridgehead atoms. The predicted molar refractivity (Wildman–Crippen MR) is 152 cm³/mol. The van der Waals surface area contributed by atoms with Crippen LogP contribution in [0.5, 0.6) is 5.75 Å². The standard InChI is InChI=1S/C29H33FN6O5/c1-4-19-15-20(5-6-22(19)29(39)33-11-14-41-13-10-31-17-25(37)38)35-27-28-34-16-23(36(28)12-9-32-27)21-7-8-24(40-3)26(30)18(21)2/h5-9,12,15-16,31H,4,10-11,13-14,17H2,1-3H3,(H,32,35)(H,33,39)(H,37,38).